The minimum atomic E-state index is -0.599. The highest BCUT2D eigenvalue weighted by molar-refractivity contribution is 6.30. The average molecular weight is 461 g/mol. The summed E-state index contributed by atoms with van der Waals surface area (Å²) in [5.41, 5.74) is -0.445. The Morgan fingerprint density at radius 3 is 2.66 bits per heavy atom. The van der Waals surface area contributed by atoms with Gasteiger partial charge in [-0.05, 0) is 51.8 Å². The van der Waals surface area contributed by atoms with Crippen LogP contribution in [0.15, 0.2) is 35.3 Å². The molecule has 0 spiro atoms. The largest absolute Gasteiger partial charge is 0.390 e. The first-order chi connectivity index (χ1) is 15.1. The number of likely N-dealkylation sites (tertiary alicyclic amines) is 1. The van der Waals surface area contributed by atoms with Gasteiger partial charge in [0.25, 0.3) is 5.56 Å². The summed E-state index contributed by atoms with van der Waals surface area (Å²) < 4.78 is 1.25. The molecule has 1 aliphatic rings. The third kappa shape index (κ3) is 6.48. The summed E-state index contributed by atoms with van der Waals surface area (Å²) >= 11 is 6.06. The van der Waals surface area contributed by atoms with Crippen LogP contribution in [0.2, 0.25) is 5.02 Å². The van der Waals surface area contributed by atoms with E-state index in [1.54, 1.807) is 24.3 Å². The Hall–Kier alpha value is -2.55. The number of Topliss-reactive ketones (excluding diaryl/α,β-unsaturated/α-hetero) is 1. The first-order valence-corrected chi connectivity index (χ1v) is 11.1. The predicted molar refractivity (Wildman–Crippen MR) is 124 cm³/mol. The maximum absolute atomic E-state index is 13.0. The van der Waals surface area contributed by atoms with E-state index in [1.165, 1.54) is 17.7 Å². The molecule has 0 bridgehead atoms. The number of nitrogens with one attached hydrogen (secondary N) is 1. The molecule has 1 aromatic heterocycles. The van der Waals surface area contributed by atoms with E-state index in [0.29, 0.717) is 22.8 Å². The zero-order valence-corrected chi connectivity index (χ0v) is 19.2. The van der Waals surface area contributed by atoms with E-state index < -0.39 is 11.2 Å². The zero-order valence-electron chi connectivity index (χ0n) is 18.4. The smallest absolute Gasteiger partial charge is 0.277 e. The lowest BCUT2D eigenvalue weighted by Crippen LogP contribution is -2.42. The van der Waals surface area contributed by atoms with Crippen LogP contribution in [0, 0.1) is 0 Å². The minimum absolute atomic E-state index is 0.0380. The molecule has 0 unspecified atom stereocenters. The van der Waals surface area contributed by atoms with Crippen molar-refractivity contribution in [2.24, 2.45) is 0 Å². The Morgan fingerprint density at radius 1 is 1.28 bits per heavy atom. The second-order valence-electron chi connectivity index (χ2n) is 8.59. The number of carbonyl (C=O) groups is 2. The third-order valence-corrected chi connectivity index (χ3v) is 5.83. The number of benzene rings is 1. The van der Waals surface area contributed by atoms with E-state index in [-0.39, 0.29) is 30.3 Å². The molecule has 1 fully saturated rings. The Balaban J connectivity index is 1.66. The molecular formula is C23H29ClN4O4. The topological polar surface area (TPSA) is 105 Å². The van der Waals surface area contributed by atoms with Crippen LogP contribution in [0.4, 0.5) is 5.69 Å². The van der Waals surface area contributed by atoms with Gasteiger partial charge in [-0.3, -0.25) is 19.0 Å². The number of anilines is 1. The van der Waals surface area contributed by atoms with E-state index in [2.05, 4.69) is 15.2 Å². The van der Waals surface area contributed by atoms with E-state index in [0.717, 1.165) is 32.5 Å². The standard InChI is InChI=1S/C23H29ClN4O4/c1-16(29)15-28-21(17-5-3-6-18(24)13-17)25-14-19(22(28)31)26-20(30)7-4-10-27-11-8-23(2,32)9-12-27/h3,5-6,13-14,32H,4,7-12,15H2,1-2H3,(H,26,30). The fourth-order valence-electron chi connectivity index (χ4n) is 3.74. The van der Waals surface area contributed by atoms with Crippen LogP contribution in [0.25, 0.3) is 11.4 Å². The van der Waals surface area contributed by atoms with Crippen molar-refractivity contribution < 1.29 is 14.7 Å². The average Bonchev–Trinajstić information content (AvgIpc) is 2.72. The molecule has 0 aliphatic carbocycles. The van der Waals surface area contributed by atoms with Crippen molar-refractivity contribution in [3.63, 3.8) is 0 Å². The van der Waals surface area contributed by atoms with Gasteiger partial charge < -0.3 is 15.3 Å². The van der Waals surface area contributed by atoms with Crippen LogP contribution >= 0.6 is 11.6 Å². The van der Waals surface area contributed by atoms with Crippen molar-refractivity contribution in [3.8, 4) is 11.4 Å². The van der Waals surface area contributed by atoms with Gasteiger partial charge in [0, 0.05) is 30.1 Å². The van der Waals surface area contributed by atoms with Gasteiger partial charge in [0.15, 0.2) is 0 Å². The number of hydrogen-bond donors (Lipinski definition) is 2. The lowest BCUT2D eigenvalue weighted by atomic mass is 9.94. The number of aromatic nitrogens is 2. The summed E-state index contributed by atoms with van der Waals surface area (Å²) in [6.45, 7) is 5.44. The number of hydrogen-bond acceptors (Lipinski definition) is 6. The second-order valence-corrected chi connectivity index (χ2v) is 9.03. The number of piperidine rings is 1. The molecular weight excluding hydrogens is 432 g/mol. The SMILES string of the molecule is CC(=O)Cn1c(-c2cccc(Cl)c2)ncc(NC(=O)CCCN2CCC(C)(O)CC2)c1=O. The fourth-order valence-corrected chi connectivity index (χ4v) is 3.93. The molecule has 9 heteroatoms. The summed E-state index contributed by atoms with van der Waals surface area (Å²) in [5, 5.41) is 13.1. The van der Waals surface area contributed by atoms with Crippen LogP contribution in [-0.4, -0.2) is 56.5 Å². The van der Waals surface area contributed by atoms with Gasteiger partial charge in [-0.1, -0.05) is 23.7 Å². The number of carbonyl (C=O) groups excluding carboxylic acids is 2. The summed E-state index contributed by atoms with van der Waals surface area (Å²) in [6.07, 6.45) is 3.66. The van der Waals surface area contributed by atoms with Crippen molar-refractivity contribution in [1.29, 1.82) is 0 Å². The fraction of sp³-hybridized carbons (Fsp3) is 0.478. The van der Waals surface area contributed by atoms with Crippen molar-refractivity contribution in [2.75, 3.05) is 25.0 Å². The molecule has 1 amide bonds. The molecule has 2 heterocycles. The van der Waals surface area contributed by atoms with Gasteiger partial charge >= 0.3 is 0 Å². The van der Waals surface area contributed by atoms with Gasteiger partial charge in [-0.2, -0.15) is 0 Å². The number of rotatable bonds is 8. The lowest BCUT2D eigenvalue weighted by Gasteiger charge is -2.35. The van der Waals surface area contributed by atoms with Crippen LogP contribution in [0.1, 0.15) is 39.5 Å². The quantitative estimate of drug-likeness (QED) is 0.627. The van der Waals surface area contributed by atoms with Gasteiger partial charge in [0.1, 0.15) is 17.3 Å². The van der Waals surface area contributed by atoms with E-state index in [4.69, 9.17) is 11.6 Å². The summed E-state index contributed by atoms with van der Waals surface area (Å²) in [7, 11) is 0. The van der Waals surface area contributed by atoms with Crippen molar-refractivity contribution in [2.45, 2.75) is 51.7 Å². The Bertz CT molecular complexity index is 1040. The Morgan fingerprint density at radius 2 is 2.00 bits per heavy atom. The van der Waals surface area contributed by atoms with Crippen molar-refractivity contribution in [1.82, 2.24) is 14.5 Å². The molecule has 0 saturated carbocycles. The van der Waals surface area contributed by atoms with Crippen LogP contribution in [0.5, 0.6) is 0 Å². The van der Waals surface area contributed by atoms with Gasteiger partial charge in [-0.25, -0.2) is 4.98 Å². The molecule has 1 aliphatic heterocycles. The van der Waals surface area contributed by atoms with Crippen LogP contribution in [-0.2, 0) is 16.1 Å². The number of amides is 1. The second kappa shape index (κ2) is 10.4. The van der Waals surface area contributed by atoms with E-state index in [9.17, 15) is 19.5 Å². The lowest BCUT2D eigenvalue weighted by molar-refractivity contribution is -0.117. The van der Waals surface area contributed by atoms with Crippen LogP contribution in [0.3, 0.4) is 0 Å². The normalized spacial score (nSPS) is 16.0. The molecule has 172 valence electrons. The summed E-state index contributed by atoms with van der Waals surface area (Å²) in [6, 6.07) is 6.86. The molecule has 1 aromatic carbocycles. The highest BCUT2D eigenvalue weighted by Gasteiger charge is 2.27. The zero-order chi connectivity index (χ0) is 23.3. The van der Waals surface area contributed by atoms with Crippen molar-refractivity contribution >= 4 is 29.0 Å². The first kappa shape index (κ1) is 24.1. The molecule has 1 saturated heterocycles. The number of nitrogens with zero attached hydrogens (tertiary/aromatic N) is 3. The Kier molecular flexibility index (Phi) is 7.82. The van der Waals surface area contributed by atoms with Gasteiger partial charge in [0.2, 0.25) is 5.91 Å². The Labute approximate surface area is 192 Å². The number of aliphatic hydroxyl groups is 1. The molecule has 0 atom stereocenters. The maximum atomic E-state index is 13.0. The predicted octanol–water partition coefficient (Wildman–Crippen LogP) is 2.72. The minimum Gasteiger partial charge on any atom is -0.390 e. The third-order valence-electron chi connectivity index (χ3n) is 5.60. The van der Waals surface area contributed by atoms with Crippen molar-refractivity contribution in [3.05, 3.63) is 45.8 Å². The highest BCUT2D eigenvalue weighted by atomic mass is 35.5. The number of halogens is 1. The number of ketones is 1. The monoisotopic (exact) mass is 460 g/mol. The van der Waals surface area contributed by atoms with Crippen LogP contribution < -0.4 is 10.9 Å². The van der Waals surface area contributed by atoms with Gasteiger partial charge in [-0.15, -0.1) is 0 Å². The molecule has 0 radical (unpaired) electrons. The molecule has 3 rings (SSSR count). The molecule has 2 N–H and O–H groups in total. The summed E-state index contributed by atoms with van der Waals surface area (Å²) in [4.78, 5) is 43.7. The maximum Gasteiger partial charge on any atom is 0.277 e. The summed E-state index contributed by atoms with van der Waals surface area (Å²) in [5.74, 6) is -0.175. The first-order valence-electron chi connectivity index (χ1n) is 10.7. The molecule has 8 nitrogen and oxygen atoms in total. The van der Waals surface area contributed by atoms with E-state index in [1.807, 2.05) is 6.92 Å². The molecule has 32 heavy (non-hydrogen) atoms. The molecule has 2 aromatic rings. The van der Waals surface area contributed by atoms with E-state index >= 15 is 0 Å². The highest BCUT2D eigenvalue weighted by Crippen LogP contribution is 2.22. The van der Waals surface area contributed by atoms with Gasteiger partial charge in [0.05, 0.1) is 18.3 Å².